The van der Waals surface area contributed by atoms with Crippen LogP contribution in [0.5, 0.6) is 0 Å². The predicted octanol–water partition coefficient (Wildman–Crippen LogP) is 2.50. The number of aromatic amines is 1. The van der Waals surface area contributed by atoms with E-state index in [1.165, 1.54) is 24.4 Å². The lowest BCUT2D eigenvalue weighted by molar-refractivity contribution is 0.439. The molecule has 0 aliphatic heterocycles. The van der Waals surface area contributed by atoms with E-state index in [1.807, 2.05) is 0 Å². The van der Waals surface area contributed by atoms with Crippen LogP contribution in [-0.2, 0) is 0 Å². The molecule has 3 N–H and O–H groups in total. The van der Waals surface area contributed by atoms with E-state index in [0.29, 0.717) is 22.5 Å². The van der Waals surface area contributed by atoms with Crippen LogP contribution in [0, 0.1) is 5.82 Å². The summed E-state index contributed by atoms with van der Waals surface area (Å²) in [5, 5.41) is 14.1. The molecular formula is C11H7ClFN5O. The lowest BCUT2D eigenvalue weighted by atomic mass is 10.0. The molecule has 6 nitrogen and oxygen atoms in total. The van der Waals surface area contributed by atoms with Gasteiger partial charge in [0.05, 0.1) is 16.8 Å². The minimum atomic E-state index is -0.438. The molecule has 0 unspecified atom stereocenters. The normalized spacial score (nSPS) is 10.8. The second-order valence-electron chi connectivity index (χ2n) is 3.75. The van der Waals surface area contributed by atoms with Gasteiger partial charge in [0.1, 0.15) is 17.2 Å². The fraction of sp³-hybridized carbons (Fsp3) is 0. The Hall–Kier alpha value is -2.41. The number of halogens is 2. The number of nitrogens with zero attached hydrogens (tertiary/aromatic N) is 3. The van der Waals surface area contributed by atoms with Crippen molar-refractivity contribution in [2.24, 2.45) is 0 Å². The third kappa shape index (κ3) is 1.93. The number of nitrogen functional groups attached to an aromatic ring is 1. The maximum absolute atomic E-state index is 13.1. The van der Waals surface area contributed by atoms with Crippen molar-refractivity contribution in [3.05, 3.63) is 35.2 Å². The fourth-order valence-electron chi connectivity index (χ4n) is 1.75. The molecule has 3 aromatic rings. The average molecular weight is 280 g/mol. The molecule has 19 heavy (non-hydrogen) atoms. The number of anilines is 1. The van der Waals surface area contributed by atoms with Crippen molar-refractivity contribution in [2.75, 3.05) is 5.73 Å². The zero-order chi connectivity index (χ0) is 13.4. The van der Waals surface area contributed by atoms with Crippen LogP contribution < -0.4 is 5.73 Å². The Balaban J connectivity index is 2.22. The van der Waals surface area contributed by atoms with Gasteiger partial charge < -0.3 is 10.3 Å². The van der Waals surface area contributed by atoms with Gasteiger partial charge in [-0.2, -0.15) is 15.4 Å². The van der Waals surface area contributed by atoms with E-state index in [9.17, 15) is 4.39 Å². The van der Waals surface area contributed by atoms with Crippen molar-refractivity contribution in [1.82, 2.24) is 20.6 Å². The second kappa shape index (κ2) is 4.36. The Morgan fingerprint density at radius 1 is 1.37 bits per heavy atom. The summed E-state index contributed by atoms with van der Waals surface area (Å²) >= 11 is 6.02. The lowest BCUT2D eigenvalue weighted by Gasteiger charge is -2.03. The van der Waals surface area contributed by atoms with Gasteiger partial charge in [-0.3, -0.25) is 0 Å². The molecule has 2 aromatic heterocycles. The fourth-order valence-corrected chi connectivity index (χ4v) is 2.01. The largest absolute Gasteiger partial charge is 0.367 e. The van der Waals surface area contributed by atoms with Gasteiger partial charge in [-0.25, -0.2) is 4.39 Å². The number of aromatic nitrogens is 4. The van der Waals surface area contributed by atoms with E-state index >= 15 is 0 Å². The molecule has 0 saturated heterocycles. The summed E-state index contributed by atoms with van der Waals surface area (Å²) in [5.41, 5.74) is 7.56. The highest BCUT2D eigenvalue weighted by atomic mass is 35.5. The number of rotatable bonds is 2. The predicted molar refractivity (Wildman–Crippen MR) is 66.7 cm³/mol. The Morgan fingerprint density at radius 3 is 2.89 bits per heavy atom. The lowest BCUT2D eigenvalue weighted by Crippen LogP contribution is -1.89. The minimum absolute atomic E-state index is 0.0755. The van der Waals surface area contributed by atoms with Gasteiger partial charge in [0.15, 0.2) is 0 Å². The van der Waals surface area contributed by atoms with E-state index in [0.717, 1.165) is 0 Å². The first kappa shape index (κ1) is 11.7. The van der Waals surface area contributed by atoms with Crippen molar-refractivity contribution < 1.29 is 8.91 Å². The van der Waals surface area contributed by atoms with Crippen LogP contribution in [0.1, 0.15) is 0 Å². The number of nitrogens with two attached hydrogens (primary N) is 1. The van der Waals surface area contributed by atoms with Crippen LogP contribution in [0.2, 0.25) is 5.02 Å². The van der Waals surface area contributed by atoms with Gasteiger partial charge >= 0.3 is 0 Å². The standard InChI is InChI=1S/C11H7ClFN5O/c12-7-3-5(13)1-2-6(7)9-10(17-19-11(9)14)8-4-15-18-16-8/h1-4H,14H2,(H,15,16,18). The molecule has 8 heteroatoms. The number of H-pyrrole nitrogens is 1. The van der Waals surface area contributed by atoms with E-state index in [4.69, 9.17) is 21.9 Å². The summed E-state index contributed by atoms with van der Waals surface area (Å²) in [4.78, 5) is 0. The summed E-state index contributed by atoms with van der Waals surface area (Å²) in [6, 6.07) is 3.97. The smallest absolute Gasteiger partial charge is 0.230 e. The number of benzene rings is 1. The highest BCUT2D eigenvalue weighted by Gasteiger charge is 2.21. The first-order valence-corrected chi connectivity index (χ1v) is 5.61. The zero-order valence-corrected chi connectivity index (χ0v) is 10.1. The number of nitrogens with one attached hydrogen (secondary N) is 1. The van der Waals surface area contributed by atoms with Crippen molar-refractivity contribution in [1.29, 1.82) is 0 Å². The molecule has 0 spiro atoms. The number of hydrogen-bond donors (Lipinski definition) is 2. The zero-order valence-electron chi connectivity index (χ0n) is 9.39. The molecule has 0 amide bonds. The van der Waals surface area contributed by atoms with E-state index in [2.05, 4.69) is 20.6 Å². The molecule has 1 aromatic carbocycles. The summed E-state index contributed by atoms with van der Waals surface area (Å²) in [7, 11) is 0. The van der Waals surface area contributed by atoms with Crippen LogP contribution in [0.15, 0.2) is 28.9 Å². The van der Waals surface area contributed by atoms with Crippen LogP contribution in [0.3, 0.4) is 0 Å². The van der Waals surface area contributed by atoms with Crippen LogP contribution >= 0.6 is 11.6 Å². The van der Waals surface area contributed by atoms with Crippen LogP contribution in [0.25, 0.3) is 22.5 Å². The highest BCUT2D eigenvalue weighted by Crippen LogP contribution is 2.38. The molecular weight excluding hydrogens is 273 g/mol. The molecule has 0 radical (unpaired) electrons. The van der Waals surface area contributed by atoms with E-state index < -0.39 is 5.82 Å². The summed E-state index contributed by atoms with van der Waals surface area (Å²) < 4.78 is 18.0. The third-order valence-electron chi connectivity index (χ3n) is 2.58. The van der Waals surface area contributed by atoms with Crippen molar-refractivity contribution in [3.63, 3.8) is 0 Å². The molecule has 0 bridgehead atoms. The summed E-state index contributed by atoms with van der Waals surface area (Å²) in [6.45, 7) is 0. The Morgan fingerprint density at radius 2 is 2.21 bits per heavy atom. The van der Waals surface area contributed by atoms with E-state index in [-0.39, 0.29) is 10.9 Å². The van der Waals surface area contributed by atoms with Gasteiger partial charge in [-0.1, -0.05) is 16.8 Å². The first-order chi connectivity index (χ1) is 9.16. The number of hydrogen-bond acceptors (Lipinski definition) is 5. The van der Waals surface area contributed by atoms with Gasteiger partial charge in [0, 0.05) is 5.56 Å². The third-order valence-corrected chi connectivity index (χ3v) is 2.89. The highest BCUT2D eigenvalue weighted by molar-refractivity contribution is 6.33. The monoisotopic (exact) mass is 279 g/mol. The van der Waals surface area contributed by atoms with Gasteiger partial charge in [0.25, 0.3) is 0 Å². The SMILES string of the molecule is Nc1onc(-c2cn[nH]n2)c1-c1ccc(F)cc1Cl. The molecule has 0 atom stereocenters. The second-order valence-corrected chi connectivity index (χ2v) is 4.16. The molecule has 0 aliphatic carbocycles. The Bertz CT molecular complexity index is 725. The maximum atomic E-state index is 13.1. The molecule has 3 rings (SSSR count). The first-order valence-electron chi connectivity index (χ1n) is 5.23. The van der Waals surface area contributed by atoms with Gasteiger partial charge in [-0.05, 0) is 18.2 Å². The van der Waals surface area contributed by atoms with Gasteiger partial charge in [0.2, 0.25) is 5.88 Å². The molecule has 96 valence electrons. The van der Waals surface area contributed by atoms with Crippen LogP contribution in [0.4, 0.5) is 10.3 Å². The van der Waals surface area contributed by atoms with Crippen molar-refractivity contribution in [3.8, 4) is 22.5 Å². The van der Waals surface area contributed by atoms with Crippen molar-refractivity contribution in [2.45, 2.75) is 0 Å². The van der Waals surface area contributed by atoms with E-state index in [1.54, 1.807) is 0 Å². The molecule has 2 heterocycles. The van der Waals surface area contributed by atoms with Gasteiger partial charge in [-0.15, -0.1) is 0 Å². The molecule has 0 saturated carbocycles. The van der Waals surface area contributed by atoms with Crippen LogP contribution in [-0.4, -0.2) is 20.6 Å². The topological polar surface area (TPSA) is 93.6 Å². The van der Waals surface area contributed by atoms with Crippen molar-refractivity contribution >= 4 is 17.5 Å². The quantitative estimate of drug-likeness (QED) is 0.751. The summed E-state index contributed by atoms with van der Waals surface area (Å²) in [5.74, 6) is -0.363. The minimum Gasteiger partial charge on any atom is -0.367 e. The molecule has 0 fully saturated rings. The average Bonchev–Trinajstić information content (AvgIpc) is 2.99. The summed E-state index contributed by atoms with van der Waals surface area (Å²) in [6.07, 6.45) is 1.47. The Kier molecular flexibility index (Phi) is 2.68. The maximum Gasteiger partial charge on any atom is 0.230 e. The molecule has 0 aliphatic rings. The Labute approximate surface area is 111 Å².